The van der Waals surface area contributed by atoms with Gasteiger partial charge in [0.25, 0.3) is 0 Å². The highest BCUT2D eigenvalue weighted by Crippen LogP contribution is 2.47. The molecule has 2 N–H and O–H groups in total. The largest absolute Gasteiger partial charge is 0.349 e. The van der Waals surface area contributed by atoms with Crippen LogP contribution in [0.25, 0.3) is 0 Å². The summed E-state index contributed by atoms with van der Waals surface area (Å²) in [5.41, 5.74) is 4.12. The van der Waals surface area contributed by atoms with Gasteiger partial charge in [-0.25, -0.2) is 0 Å². The molecule has 190 valence electrons. The number of aryl methyl sites for hydroxylation is 1. The van der Waals surface area contributed by atoms with Crippen molar-refractivity contribution in [3.8, 4) is 0 Å². The van der Waals surface area contributed by atoms with E-state index in [1.54, 1.807) is 13.8 Å². The zero-order valence-electron chi connectivity index (χ0n) is 21.3. The number of nitrogens with zero attached hydrogens (tertiary/aromatic N) is 2. The van der Waals surface area contributed by atoms with E-state index in [1.807, 2.05) is 35.2 Å². The maximum absolute atomic E-state index is 13.2. The monoisotopic (exact) mass is 488 g/mol. The van der Waals surface area contributed by atoms with E-state index >= 15 is 0 Å². The lowest BCUT2D eigenvalue weighted by molar-refractivity contribution is -0.130. The molecule has 2 aliphatic heterocycles. The van der Waals surface area contributed by atoms with E-state index in [-0.39, 0.29) is 36.2 Å². The molecule has 3 amide bonds. The van der Waals surface area contributed by atoms with Gasteiger partial charge in [-0.3, -0.25) is 19.3 Å². The third-order valence-electron chi connectivity index (χ3n) is 8.22. The summed E-state index contributed by atoms with van der Waals surface area (Å²) in [4.78, 5) is 42.2. The molecule has 0 saturated carbocycles. The molecule has 2 fully saturated rings. The van der Waals surface area contributed by atoms with Crippen molar-refractivity contribution in [1.82, 2.24) is 15.1 Å². The van der Waals surface area contributed by atoms with Gasteiger partial charge in [0.1, 0.15) is 0 Å². The highest BCUT2D eigenvalue weighted by Gasteiger charge is 2.56. The summed E-state index contributed by atoms with van der Waals surface area (Å²) in [5.74, 6) is -0.115. The number of anilines is 1. The molecule has 0 unspecified atom stereocenters. The van der Waals surface area contributed by atoms with Gasteiger partial charge in [0.2, 0.25) is 17.7 Å². The first kappa shape index (κ1) is 24.5. The second-order valence-electron chi connectivity index (χ2n) is 10.6. The van der Waals surface area contributed by atoms with Crippen LogP contribution in [0.5, 0.6) is 0 Å². The molecule has 0 aromatic heterocycles. The van der Waals surface area contributed by atoms with Crippen molar-refractivity contribution in [2.45, 2.75) is 57.5 Å². The van der Waals surface area contributed by atoms with E-state index in [4.69, 9.17) is 0 Å². The van der Waals surface area contributed by atoms with Crippen molar-refractivity contribution in [2.24, 2.45) is 5.92 Å². The van der Waals surface area contributed by atoms with Crippen molar-refractivity contribution in [1.29, 1.82) is 0 Å². The summed E-state index contributed by atoms with van der Waals surface area (Å²) in [6.07, 6.45) is 5.14. The number of piperidine rings is 1. The second-order valence-corrected chi connectivity index (χ2v) is 10.6. The van der Waals surface area contributed by atoms with Crippen LogP contribution in [-0.2, 0) is 27.2 Å². The van der Waals surface area contributed by atoms with E-state index in [2.05, 4.69) is 33.7 Å². The number of fused-ring (bicyclic) bond motifs is 2. The molecule has 2 heterocycles. The molecule has 0 radical (unpaired) electrons. The number of carbonyl (C=O) groups excluding carboxylic acids is 3. The van der Waals surface area contributed by atoms with Crippen LogP contribution >= 0.6 is 0 Å². The van der Waals surface area contributed by atoms with E-state index < -0.39 is 5.54 Å². The average molecular weight is 489 g/mol. The average Bonchev–Trinajstić information content (AvgIpc) is 3.19. The predicted molar refractivity (Wildman–Crippen MR) is 139 cm³/mol. The minimum absolute atomic E-state index is 0.00104. The Hall–Kier alpha value is -3.19. The molecule has 3 aliphatic rings. The van der Waals surface area contributed by atoms with Crippen LogP contribution in [0.3, 0.4) is 0 Å². The Morgan fingerprint density at radius 1 is 1.00 bits per heavy atom. The molecular formula is C29H36N4O3. The van der Waals surface area contributed by atoms with E-state index in [0.29, 0.717) is 26.1 Å². The summed E-state index contributed by atoms with van der Waals surface area (Å²) < 4.78 is 0. The minimum Gasteiger partial charge on any atom is -0.349 e. The fourth-order valence-corrected chi connectivity index (χ4v) is 6.65. The van der Waals surface area contributed by atoms with Crippen molar-refractivity contribution in [2.75, 3.05) is 31.5 Å². The molecule has 7 nitrogen and oxygen atoms in total. The predicted octanol–water partition coefficient (Wildman–Crippen LogP) is 3.30. The van der Waals surface area contributed by atoms with E-state index in [0.717, 1.165) is 30.5 Å². The molecular weight excluding hydrogens is 452 g/mol. The van der Waals surface area contributed by atoms with Gasteiger partial charge in [-0.1, -0.05) is 42.5 Å². The highest BCUT2D eigenvalue weighted by atomic mass is 16.2. The van der Waals surface area contributed by atoms with Crippen LogP contribution in [0.15, 0.2) is 48.5 Å². The maximum Gasteiger partial charge on any atom is 0.238 e. The van der Waals surface area contributed by atoms with Gasteiger partial charge in [0.15, 0.2) is 0 Å². The number of hydrogen-bond acceptors (Lipinski definition) is 4. The SMILES string of the molecule is CC(=O)N[C@@]12CCN(CC(=O)Nc3cccc4c3CCCC4)C[C@@H]1[C@@H](c1ccccc1)N(C(C)=O)C2. The number of nitrogens with one attached hydrogen (secondary N) is 2. The standard InChI is InChI=1S/C29H36N4O3/c1-20(34)31-29-15-16-32(18-27(36)30-26-14-8-12-22-9-6-7-13-24(22)26)17-25(29)28(33(19-29)21(2)35)23-10-4-3-5-11-23/h3-5,8,10-12,14,25,28H,6-7,9,13,15-19H2,1-2H3,(H,30,36)(H,31,34)/t25-,28-,29-/m1/s1. The van der Waals surface area contributed by atoms with Gasteiger partial charge in [-0.2, -0.15) is 0 Å². The van der Waals surface area contributed by atoms with Crippen molar-refractivity contribution < 1.29 is 14.4 Å². The Morgan fingerprint density at radius 3 is 2.53 bits per heavy atom. The van der Waals surface area contributed by atoms with Crippen LogP contribution in [-0.4, -0.2) is 59.2 Å². The normalized spacial score (nSPS) is 25.6. The first-order valence-electron chi connectivity index (χ1n) is 13.1. The first-order valence-corrected chi connectivity index (χ1v) is 13.1. The van der Waals surface area contributed by atoms with Crippen molar-refractivity contribution >= 4 is 23.4 Å². The van der Waals surface area contributed by atoms with Gasteiger partial charge in [-0.05, 0) is 54.9 Å². The molecule has 7 heteroatoms. The summed E-state index contributed by atoms with van der Waals surface area (Å²) in [6.45, 7) is 5.23. The van der Waals surface area contributed by atoms with Crippen LogP contribution < -0.4 is 10.6 Å². The topological polar surface area (TPSA) is 81.8 Å². The molecule has 2 aromatic rings. The van der Waals surface area contributed by atoms with Crippen LogP contribution in [0.2, 0.25) is 0 Å². The summed E-state index contributed by atoms with van der Waals surface area (Å²) in [5, 5.41) is 6.40. The number of benzene rings is 2. The molecule has 1 aliphatic carbocycles. The lowest BCUT2D eigenvalue weighted by atomic mass is 9.75. The Balaban J connectivity index is 1.36. The smallest absolute Gasteiger partial charge is 0.238 e. The molecule has 3 atom stereocenters. The van der Waals surface area contributed by atoms with E-state index in [9.17, 15) is 14.4 Å². The van der Waals surface area contributed by atoms with Gasteiger partial charge in [0.05, 0.1) is 18.1 Å². The van der Waals surface area contributed by atoms with Gasteiger partial charge >= 0.3 is 0 Å². The number of carbonyl (C=O) groups is 3. The van der Waals surface area contributed by atoms with Crippen LogP contribution in [0, 0.1) is 5.92 Å². The summed E-state index contributed by atoms with van der Waals surface area (Å²) >= 11 is 0. The Morgan fingerprint density at radius 2 is 1.78 bits per heavy atom. The zero-order chi connectivity index (χ0) is 25.3. The molecule has 2 aromatic carbocycles. The number of hydrogen-bond donors (Lipinski definition) is 2. The third-order valence-corrected chi connectivity index (χ3v) is 8.22. The molecule has 0 spiro atoms. The van der Waals surface area contributed by atoms with Crippen molar-refractivity contribution in [3.05, 3.63) is 65.2 Å². The Labute approximate surface area is 213 Å². The summed E-state index contributed by atoms with van der Waals surface area (Å²) in [7, 11) is 0. The maximum atomic E-state index is 13.2. The minimum atomic E-state index is -0.497. The fourth-order valence-electron chi connectivity index (χ4n) is 6.65. The zero-order valence-corrected chi connectivity index (χ0v) is 21.3. The lowest BCUT2D eigenvalue weighted by Crippen LogP contribution is -2.61. The fraction of sp³-hybridized carbons (Fsp3) is 0.483. The Bertz CT molecular complexity index is 1150. The summed E-state index contributed by atoms with van der Waals surface area (Å²) in [6, 6.07) is 16.1. The lowest BCUT2D eigenvalue weighted by Gasteiger charge is -2.44. The van der Waals surface area contributed by atoms with Gasteiger partial charge in [-0.15, -0.1) is 0 Å². The quantitative estimate of drug-likeness (QED) is 0.677. The van der Waals surface area contributed by atoms with Gasteiger partial charge in [0, 0.05) is 45.1 Å². The number of amides is 3. The highest BCUT2D eigenvalue weighted by molar-refractivity contribution is 5.93. The first-order chi connectivity index (χ1) is 17.4. The molecule has 2 saturated heterocycles. The van der Waals surface area contributed by atoms with Crippen molar-refractivity contribution in [3.63, 3.8) is 0 Å². The number of likely N-dealkylation sites (tertiary alicyclic amines) is 2. The van der Waals surface area contributed by atoms with Gasteiger partial charge < -0.3 is 15.5 Å². The second kappa shape index (κ2) is 10.1. The van der Waals surface area contributed by atoms with Crippen LogP contribution in [0.1, 0.15) is 55.8 Å². The molecule has 36 heavy (non-hydrogen) atoms. The van der Waals surface area contributed by atoms with Crippen LogP contribution in [0.4, 0.5) is 5.69 Å². The third kappa shape index (κ3) is 4.76. The van der Waals surface area contributed by atoms with E-state index in [1.165, 1.54) is 17.5 Å². The number of rotatable bonds is 5. The Kier molecular flexibility index (Phi) is 6.84. The molecule has 5 rings (SSSR count). The molecule has 0 bridgehead atoms.